The zero-order valence-electron chi connectivity index (χ0n) is 9.57. The fourth-order valence-electron chi connectivity index (χ4n) is 1.40. The van der Waals surface area contributed by atoms with E-state index in [1.54, 1.807) is 0 Å². The molecule has 0 unspecified atom stereocenters. The van der Waals surface area contributed by atoms with E-state index in [2.05, 4.69) is 5.32 Å². The maximum absolute atomic E-state index is 12.8. The van der Waals surface area contributed by atoms with Gasteiger partial charge in [0, 0.05) is 6.54 Å². The van der Waals surface area contributed by atoms with Gasteiger partial charge in [-0.05, 0) is 17.7 Å². The monoisotopic (exact) mass is 287 g/mol. The molecule has 0 heterocycles. The topological polar surface area (TPSA) is 32.3 Å². The van der Waals surface area contributed by atoms with Gasteiger partial charge in [-0.1, -0.05) is 6.07 Å². The van der Waals surface area contributed by atoms with Crippen molar-refractivity contribution in [1.82, 2.24) is 5.32 Å². The Bertz CT molecular complexity index is 432. The number of nitrogens with one attached hydrogen (secondary N) is 1. The molecular weight excluding hydrogens is 276 g/mol. The maximum Gasteiger partial charge on any atom is 0.416 e. The van der Waals surface area contributed by atoms with Gasteiger partial charge in [0.05, 0.1) is 12.1 Å². The van der Waals surface area contributed by atoms with Crippen molar-refractivity contribution in [3.63, 3.8) is 0 Å². The second kappa shape index (κ2) is 5.79. The van der Waals surface area contributed by atoms with Gasteiger partial charge >= 0.3 is 6.18 Å². The lowest BCUT2D eigenvalue weighted by atomic mass is 10.1. The molecule has 8 heteroatoms. The molecule has 0 aliphatic rings. The molecule has 1 aromatic rings. The highest BCUT2D eigenvalue weighted by Crippen LogP contribution is 2.32. The van der Waals surface area contributed by atoms with Gasteiger partial charge in [-0.2, -0.15) is 13.2 Å². The second-order valence-corrected chi connectivity index (χ2v) is 3.92. The average molecular weight is 287 g/mol. The van der Waals surface area contributed by atoms with Crippen molar-refractivity contribution in [2.75, 3.05) is 13.2 Å². The molecule has 0 fully saturated rings. The van der Waals surface area contributed by atoms with Crippen molar-refractivity contribution in [3.05, 3.63) is 35.1 Å². The molecule has 2 N–H and O–H groups in total. The summed E-state index contributed by atoms with van der Waals surface area (Å²) in [6, 6.07) is 2.00. The fraction of sp³-hybridized carbons (Fsp3) is 0.455. The molecule has 0 bridgehead atoms. The normalized spacial score (nSPS) is 12.8. The lowest BCUT2D eigenvalue weighted by Crippen LogP contribution is -2.35. The second-order valence-electron chi connectivity index (χ2n) is 3.92. The van der Waals surface area contributed by atoms with E-state index in [0.29, 0.717) is 6.07 Å². The van der Waals surface area contributed by atoms with Gasteiger partial charge < -0.3 is 10.4 Å². The van der Waals surface area contributed by atoms with E-state index in [0.717, 1.165) is 12.1 Å². The van der Waals surface area contributed by atoms with Gasteiger partial charge in [0.15, 0.2) is 0 Å². The van der Waals surface area contributed by atoms with E-state index in [4.69, 9.17) is 5.11 Å². The third-order valence-corrected chi connectivity index (χ3v) is 2.31. The summed E-state index contributed by atoms with van der Waals surface area (Å²) in [4.78, 5) is 0. The molecule has 0 aliphatic carbocycles. The number of hydrogen-bond acceptors (Lipinski definition) is 2. The number of halogens is 6. The van der Waals surface area contributed by atoms with Crippen molar-refractivity contribution in [1.29, 1.82) is 0 Å². The molecule has 0 saturated heterocycles. The third kappa shape index (κ3) is 4.71. The first-order valence-corrected chi connectivity index (χ1v) is 5.21. The van der Waals surface area contributed by atoms with Crippen LogP contribution in [-0.4, -0.2) is 24.2 Å². The molecule has 0 spiro atoms. The first-order chi connectivity index (χ1) is 8.65. The Morgan fingerprint density at radius 1 is 1.11 bits per heavy atom. The van der Waals surface area contributed by atoms with Crippen LogP contribution in [0.25, 0.3) is 0 Å². The van der Waals surface area contributed by atoms with Crippen LogP contribution < -0.4 is 5.32 Å². The zero-order valence-corrected chi connectivity index (χ0v) is 9.57. The van der Waals surface area contributed by atoms with E-state index in [1.807, 2.05) is 0 Å². The van der Waals surface area contributed by atoms with E-state index in [1.165, 1.54) is 0 Å². The Morgan fingerprint density at radius 2 is 1.74 bits per heavy atom. The van der Waals surface area contributed by atoms with Gasteiger partial charge in [-0.3, -0.25) is 0 Å². The summed E-state index contributed by atoms with van der Waals surface area (Å²) in [6.07, 6.45) is -4.77. The van der Waals surface area contributed by atoms with E-state index >= 15 is 0 Å². The quantitative estimate of drug-likeness (QED) is 0.816. The third-order valence-electron chi connectivity index (χ3n) is 2.31. The van der Waals surface area contributed by atoms with E-state index in [-0.39, 0.29) is 5.56 Å². The SMILES string of the molecule is OCC(F)(F)CNCc1ccc(F)cc1C(F)(F)F. The predicted molar refractivity (Wildman–Crippen MR) is 55.1 cm³/mol. The molecule has 0 amide bonds. The summed E-state index contributed by atoms with van der Waals surface area (Å²) >= 11 is 0. The van der Waals surface area contributed by atoms with Gasteiger partial charge in [-0.15, -0.1) is 0 Å². The summed E-state index contributed by atoms with van der Waals surface area (Å²) in [7, 11) is 0. The molecule has 0 atom stereocenters. The van der Waals surface area contributed by atoms with Crippen LogP contribution in [0.15, 0.2) is 18.2 Å². The van der Waals surface area contributed by atoms with Crippen LogP contribution in [0, 0.1) is 5.82 Å². The molecule has 0 radical (unpaired) electrons. The van der Waals surface area contributed by atoms with Crippen LogP contribution in [0.2, 0.25) is 0 Å². The number of aliphatic hydroxyl groups is 1. The summed E-state index contributed by atoms with van der Waals surface area (Å²) in [5.41, 5.74) is -1.56. The van der Waals surface area contributed by atoms with Crippen molar-refractivity contribution < 1.29 is 31.4 Å². The number of alkyl halides is 5. The Labute approximate surface area is 105 Å². The Hall–Kier alpha value is -1.28. The molecule has 19 heavy (non-hydrogen) atoms. The van der Waals surface area contributed by atoms with Gasteiger partial charge in [0.1, 0.15) is 12.4 Å². The van der Waals surface area contributed by atoms with Crippen LogP contribution in [0.5, 0.6) is 0 Å². The standard InChI is InChI=1S/C11H11F6NO/c12-8-2-1-7(9(3-8)11(15,16)17)4-18-5-10(13,14)6-19/h1-3,18-19H,4-6H2. The van der Waals surface area contributed by atoms with Crippen LogP contribution in [-0.2, 0) is 12.7 Å². The van der Waals surface area contributed by atoms with Gasteiger partial charge in [-0.25, -0.2) is 13.2 Å². The fourth-order valence-corrected chi connectivity index (χ4v) is 1.40. The Kier molecular flexibility index (Phi) is 4.81. The van der Waals surface area contributed by atoms with Gasteiger partial charge in [0.2, 0.25) is 0 Å². The lowest BCUT2D eigenvalue weighted by Gasteiger charge is -2.16. The summed E-state index contributed by atoms with van der Waals surface area (Å²) in [5.74, 6) is -4.48. The zero-order chi connectivity index (χ0) is 14.7. The van der Waals surface area contributed by atoms with Crippen LogP contribution in [0.3, 0.4) is 0 Å². The smallest absolute Gasteiger partial charge is 0.390 e. The van der Waals surface area contributed by atoms with Crippen LogP contribution in [0.4, 0.5) is 26.3 Å². The number of aliphatic hydroxyl groups excluding tert-OH is 1. The number of hydrogen-bond donors (Lipinski definition) is 2. The largest absolute Gasteiger partial charge is 0.416 e. The molecule has 108 valence electrons. The maximum atomic E-state index is 12.8. The highest BCUT2D eigenvalue weighted by molar-refractivity contribution is 5.30. The van der Waals surface area contributed by atoms with Gasteiger partial charge in [0.25, 0.3) is 5.92 Å². The van der Waals surface area contributed by atoms with Crippen LogP contribution >= 0.6 is 0 Å². The highest BCUT2D eigenvalue weighted by atomic mass is 19.4. The minimum atomic E-state index is -4.77. The van der Waals surface area contributed by atoms with E-state index < -0.39 is 43.2 Å². The lowest BCUT2D eigenvalue weighted by molar-refractivity contribution is -0.138. The molecule has 0 saturated carbocycles. The highest BCUT2D eigenvalue weighted by Gasteiger charge is 2.34. The molecular formula is C11H11F6NO. The summed E-state index contributed by atoms with van der Waals surface area (Å²) in [6.45, 7) is -2.89. The average Bonchev–Trinajstić information content (AvgIpc) is 2.29. The molecule has 0 aromatic heterocycles. The minimum absolute atomic E-state index is 0.307. The van der Waals surface area contributed by atoms with Crippen LogP contribution in [0.1, 0.15) is 11.1 Å². The summed E-state index contributed by atoms with van der Waals surface area (Å²) < 4.78 is 75.8. The molecule has 1 rings (SSSR count). The van der Waals surface area contributed by atoms with Crippen molar-refractivity contribution >= 4 is 0 Å². The minimum Gasteiger partial charge on any atom is -0.390 e. The van der Waals surface area contributed by atoms with E-state index in [9.17, 15) is 26.3 Å². The first kappa shape index (κ1) is 15.8. The summed E-state index contributed by atoms with van der Waals surface area (Å²) in [5, 5.41) is 10.4. The molecule has 2 nitrogen and oxygen atoms in total. The van der Waals surface area contributed by atoms with Crippen molar-refractivity contribution in [2.45, 2.75) is 18.6 Å². The number of rotatable bonds is 5. The number of benzene rings is 1. The van der Waals surface area contributed by atoms with Crippen molar-refractivity contribution in [2.24, 2.45) is 0 Å². The molecule has 0 aliphatic heterocycles. The van der Waals surface area contributed by atoms with Crippen molar-refractivity contribution in [3.8, 4) is 0 Å². The first-order valence-electron chi connectivity index (χ1n) is 5.21. The Morgan fingerprint density at radius 3 is 2.26 bits per heavy atom. The predicted octanol–water partition coefficient (Wildman–Crippen LogP) is 2.56. The molecule has 1 aromatic carbocycles. The Balaban J connectivity index is 2.79.